The fourth-order valence-electron chi connectivity index (χ4n) is 3.82. The zero-order valence-corrected chi connectivity index (χ0v) is 19.6. The first-order valence-electron chi connectivity index (χ1n) is 10.1. The van der Waals surface area contributed by atoms with E-state index >= 15 is 0 Å². The zero-order chi connectivity index (χ0) is 21.3. The molecule has 1 atom stereocenters. The van der Waals surface area contributed by atoms with Gasteiger partial charge in [-0.25, -0.2) is 4.98 Å². The first kappa shape index (κ1) is 22.1. The Balaban J connectivity index is 2.05. The van der Waals surface area contributed by atoms with E-state index in [2.05, 4.69) is 27.4 Å². The summed E-state index contributed by atoms with van der Waals surface area (Å²) >= 11 is 2.90. The van der Waals surface area contributed by atoms with Crippen LogP contribution in [0.2, 0.25) is 0 Å². The standard InChI is InChI=1S/C22H30N2O3S2/c1-7-27-17(25)12-28-21-23-19-18(20(26)24(21)11-13(2)3)15-9-8-14(22(4,5)6)10-16(15)29-19/h14H,2,7-12H2,1,3-6H3. The van der Waals surface area contributed by atoms with Crippen molar-refractivity contribution in [3.05, 3.63) is 32.9 Å². The van der Waals surface area contributed by atoms with Gasteiger partial charge < -0.3 is 4.74 Å². The average Bonchev–Trinajstić information content (AvgIpc) is 2.99. The van der Waals surface area contributed by atoms with Crippen molar-refractivity contribution in [2.45, 2.75) is 65.6 Å². The Morgan fingerprint density at radius 1 is 1.41 bits per heavy atom. The minimum absolute atomic E-state index is 0.0175. The molecule has 0 N–H and O–H groups in total. The average molecular weight is 435 g/mol. The molecule has 0 radical (unpaired) electrons. The zero-order valence-electron chi connectivity index (χ0n) is 18.0. The summed E-state index contributed by atoms with van der Waals surface area (Å²) in [7, 11) is 0. The monoisotopic (exact) mass is 434 g/mol. The molecule has 0 saturated carbocycles. The van der Waals surface area contributed by atoms with Gasteiger partial charge in [0, 0.05) is 11.4 Å². The number of esters is 1. The summed E-state index contributed by atoms with van der Waals surface area (Å²) in [5.74, 6) is 0.449. The Kier molecular flexibility index (Phi) is 6.58. The van der Waals surface area contributed by atoms with E-state index in [1.807, 2.05) is 6.92 Å². The first-order valence-corrected chi connectivity index (χ1v) is 11.9. The van der Waals surface area contributed by atoms with E-state index in [1.54, 1.807) is 22.8 Å². The van der Waals surface area contributed by atoms with E-state index in [0.717, 1.165) is 35.1 Å². The lowest BCUT2D eigenvalue weighted by Gasteiger charge is -2.33. The molecule has 3 rings (SSSR count). The van der Waals surface area contributed by atoms with Crippen molar-refractivity contribution in [2.24, 2.45) is 11.3 Å². The number of ether oxygens (including phenoxy) is 1. The number of aromatic nitrogens is 2. The summed E-state index contributed by atoms with van der Waals surface area (Å²) in [6.07, 6.45) is 3.03. The van der Waals surface area contributed by atoms with Gasteiger partial charge in [-0.15, -0.1) is 11.3 Å². The predicted octanol–water partition coefficient (Wildman–Crippen LogP) is 4.84. The molecule has 0 saturated heterocycles. The SMILES string of the molecule is C=C(C)Cn1c(SCC(=O)OCC)nc2sc3c(c2c1=O)CCC(C(C)(C)C)C3. The van der Waals surface area contributed by atoms with Gasteiger partial charge in [-0.3, -0.25) is 14.2 Å². The fraction of sp³-hybridized carbons (Fsp3) is 0.591. The van der Waals surface area contributed by atoms with Gasteiger partial charge in [0.05, 0.1) is 17.7 Å². The molecule has 0 aromatic carbocycles. The lowest BCUT2D eigenvalue weighted by atomic mass is 9.72. The van der Waals surface area contributed by atoms with Crippen LogP contribution in [-0.2, 0) is 28.9 Å². The highest BCUT2D eigenvalue weighted by Crippen LogP contribution is 2.42. The highest BCUT2D eigenvalue weighted by atomic mass is 32.2. The van der Waals surface area contributed by atoms with Crippen LogP contribution in [0.3, 0.4) is 0 Å². The van der Waals surface area contributed by atoms with Gasteiger partial charge in [-0.2, -0.15) is 0 Å². The van der Waals surface area contributed by atoms with Gasteiger partial charge in [0.2, 0.25) is 0 Å². The summed E-state index contributed by atoms with van der Waals surface area (Å²) < 4.78 is 6.69. The lowest BCUT2D eigenvalue weighted by molar-refractivity contribution is -0.139. The summed E-state index contributed by atoms with van der Waals surface area (Å²) in [6, 6.07) is 0. The normalized spacial score (nSPS) is 16.7. The van der Waals surface area contributed by atoms with Crippen LogP contribution in [0.1, 0.15) is 51.5 Å². The van der Waals surface area contributed by atoms with Crippen molar-refractivity contribution in [1.29, 1.82) is 0 Å². The Labute approximate surface area is 180 Å². The number of carbonyl (C=O) groups excluding carboxylic acids is 1. The Bertz CT molecular complexity index is 998. The predicted molar refractivity (Wildman–Crippen MR) is 121 cm³/mol. The molecule has 158 valence electrons. The van der Waals surface area contributed by atoms with Crippen LogP contribution in [0.25, 0.3) is 10.2 Å². The lowest BCUT2D eigenvalue weighted by Crippen LogP contribution is -2.27. The highest BCUT2D eigenvalue weighted by molar-refractivity contribution is 7.99. The van der Waals surface area contributed by atoms with Crippen LogP contribution < -0.4 is 5.56 Å². The summed E-state index contributed by atoms with van der Waals surface area (Å²) in [5.41, 5.74) is 2.29. The van der Waals surface area contributed by atoms with E-state index in [0.29, 0.717) is 24.2 Å². The van der Waals surface area contributed by atoms with Crippen molar-refractivity contribution < 1.29 is 9.53 Å². The molecular formula is C22H30N2O3S2. The van der Waals surface area contributed by atoms with Crippen molar-refractivity contribution >= 4 is 39.3 Å². The third-order valence-electron chi connectivity index (χ3n) is 5.41. The fourth-order valence-corrected chi connectivity index (χ4v) is 5.96. The molecule has 0 spiro atoms. The molecule has 29 heavy (non-hydrogen) atoms. The Hall–Kier alpha value is -1.60. The second-order valence-corrected chi connectivity index (χ2v) is 10.9. The molecule has 2 aromatic rings. The third kappa shape index (κ3) is 4.77. The van der Waals surface area contributed by atoms with Crippen molar-refractivity contribution in [1.82, 2.24) is 9.55 Å². The maximum atomic E-state index is 13.4. The maximum absolute atomic E-state index is 13.4. The van der Waals surface area contributed by atoms with Crippen LogP contribution in [0.15, 0.2) is 22.1 Å². The number of rotatable bonds is 6. The van der Waals surface area contributed by atoms with Gasteiger partial charge in [0.25, 0.3) is 5.56 Å². The number of carbonyl (C=O) groups is 1. The minimum atomic E-state index is -0.299. The second kappa shape index (κ2) is 8.64. The van der Waals surface area contributed by atoms with E-state index in [9.17, 15) is 9.59 Å². The van der Waals surface area contributed by atoms with Gasteiger partial charge in [-0.1, -0.05) is 44.7 Å². The van der Waals surface area contributed by atoms with E-state index < -0.39 is 0 Å². The summed E-state index contributed by atoms with van der Waals surface area (Å²) in [6.45, 7) is 15.3. The van der Waals surface area contributed by atoms with Crippen LogP contribution >= 0.6 is 23.1 Å². The molecule has 2 aromatic heterocycles. The van der Waals surface area contributed by atoms with Gasteiger partial charge in [-0.05, 0) is 50.0 Å². The molecule has 1 unspecified atom stereocenters. The molecule has 0 bridgehead atoms. The molecule has 1 aliphatic rings. The number of allylic oxidation sites excluding steroid dienone is 1. The molecule has 2 heterocycles. The van der Waals surface area contributed by atoms with E-state index in [1.165, 1.54) is 22.2 Å². The van der Waals surface area contributed by atoms with Crippen molar-refractivity contribution in [3.63, 3.8) is 0 Å². The molecule has 0 aliphatic heterocycles. The van der Waals surface area contributed by atoms with Gasteiger partial charge in [0.1, 0.15) is 4.83 Å². The van der Waals surface area contributed by atoms with Gasteiger partial charge >= 0.3 is 5.97 Å². The minimum Gasteiger partial charge on any atom is -0.465 e. The number of fused-ring (bicyclic) bond motifs is 3. The number of hydrogen-bond acceptors (Lipinski definition) is 6. The number of nitrogens with zero attached hydrogens (tertiary/aromatic N) is 2. The van der Waals surface area contributed by atoms with Crippen LogP contribution in [-0.4, -0.2) is 27.9 Å². The Morgan fingerprint density at radius 3 is 2.76 bits per heavy atom. The molecular weight excluding hydrogens is 404 g/mol. The van der Waals surface area contributed by atoms with Crippen LogP contribution in [0, 0.1) is 11.3 Å². The molecule has 5 nitrogen and oxygen atoms in total. The quantitative estimate of drug-likeness (QED) is 0.282. The molecule has 7 heteroatoms. The largest absolute Gasteiger partial charge is 0.465 e. The summed E-state index contributed by atoms with van der Waals surface area (Å²) in [5, 5.41) is 1.32. The first-order chi connectivity index (χ1) is 13.6. The smallest absolute Gasteiger partial charge is 0.316 e. The van der Waals surface area contributed by atoms with Crippen molar-refractivity contribution in [3.8, 4) is 0 Å². The topological polar surface area (TPSA) is 61.2 Å². The highest BCUT2D eigenvalue weighted by Gasteiger charge is 2.32. The number of aryl methyl sites for hydroxylation is 1. The van der Waals surface area contributed by atoms with E-state index in [-0.39, 0.29) is 22.7 Å². The molecule has 1 aliphatic carbocycles. The third-order valence-corrected chi connectivity index (χ3v) is 7.51. The van der Waals surface area contributed by atoms with E-state index in [4.69, 9.17) is 9.72 Å². The van der Waals surface area contributed by atoms with Crippen LogP contribution in [0.4, 0.5) is 0 Å². The summed E-state index contributed by atoms with van der Waals surface area (Å²) in [4.78, 5) is 32.1. The Morgan fingerprint density at radius 2 is 2.14 bits per heavy atom. The number of thiophene rings is 1. The number of thioether (sulfide) groups is 1. The number of hydrogen-bond donors (Lipinski definition) is 0. The van der Waals surface area contributed by atoms with Crippen LogP contribution in [0.5, 0.6) is 0 Å². The molecule has 0 amide bonds. The van der Waals surface area contributed by atoms with Crippen molar-refractivity contribution in [2.75, 3.05) is 12.4 Å². The van der Waals surface area contributed by atoms with Gasteiger partial charge in [0.15, 0.2) is 5.16 Å². The molecule has 0 fully saturated rings. The second-order valence-electron chi connectivity index (χ2n) is 8.83. The maximum Gasteiger partial charge on any atom is 0.316 e.